The van der Waals surface area contributed by atoms with Crippen molar-refractivity contribution in [1.82, 2.24) is 0 Å². The smallest absolute Gasteiger partial charge is 0.221 e. The Bertz CT molecular complexity index is 589. The van der Waals surface area contributed by atoms with Crippen molar-refractivity contribution in [2.24, 2.45) is 0 Å². The molecule has 0 unspecified atom stereocenters. The van der Waals surface area contributed by atoms with E-state index in [0.717, 1.165) is 3.79 Å². The monoisotopic (exact) mass is 323 g/mol. The van der Waals surface area contributed by atoms with Gasteiger partial charge in [-0.2, -0.15) is 0 Å². The van der Waals surface area contributed by atoms with Crippen LogP contribution in [0.5, 0.6) is 0 Å². The predicted molar refractivity (Wildman–Crippen MR) is 76.2 cm³/mol. The molecular formula is C13H10BrNO2S. The maximum Gasteiger partial charge on any atom is 0.221 e. The number of carbonyl (C=O) groups is 2. The first-order chi connectivity index (χ1) is 8.56. The summed E-state index contributed by atoms with van der Waals surface area (Å²) in [4.78, 5) is 23.0. The molecule has 0 saturated carbocycles. The van der Waals surface area contributed by atoms with Crippen LogP contribution < -0.4 is 5.32 Å². The summed E-state index contributed by atoms with van der Waals surface area (Å²) < 4.78 is 0.931. The Hall–Kier alpha value is -1.46. The van der Waals surface area contributed by atoms with E-state index in [1.54, 1.807) is 30.3 Å². The third kappa shape index (κ3) is 3.05. The minimum absolute atomic E-state index is 0.0219. The average Bonchev–Trinajstić information content (AvgIpc) is 2.75. The van der Waals surface area contributed by atoms with Crippen LogP contribution in [0, 0.1) is 0 Å². The van der Waals surface area contributed by atoms with Crippen LogP contribution in [-0.4, -0.2) is 11.7 Å². The second-order valence-electron chi connectivity index (χ2n) is 3.73. The van der Waals surface area contributed by atoms with Gasteiger partial charge in [0, 0.05) is 29.1 Å². The van der Waals surface area contributed by atoms with Gasteiger partial charge in [0.2, 0.25) is 5.91 Å². The first-order valence-corrected chi connectivity index (χ1v) is 6.90. The Kier molecular flexibility index (Phi) is 3.93. The summed E-state index contributed by atoms with van der Waals surface area (Å²) in [5.41, 5.74) is 1.96. The molecule has 3 nitrogen and oxygen atoms in total. The van der Waals surface area contributed by atoms with Crippen molar-refractivity contribution in [3.63, 3.8) is 0 Å². The second kappa shape index (κ2) is 5.46. The Balaban J connectivity index is 2.19. The van der Waals surface area contributed by atoms with E-state index in [9.17, 15) is 9.59 Å². The van der Waals surface area contributed by atoms with Crippen molar-refractivity contribution in [2.45, 2.75) is 6.92 Å². The Labute approximate surface area is 117 Å². The van der Waals surface area contributed by atoms with Crippen LogP contribution in [0.1, 0.15) is 22.8 Å². The number of rotatable bonds is 3. The Morgan fingerprint density at radius 3 is 2.33 bits per heavy atom. The normalized spacial score (nSPS) is 10.1. The molecule has 1 aromatic carbocycles. The van der Waals surface area contributed by atoms with Crippen LogP contribution in [0.3, 0.4) is 0 Å². The van der Waals surface area contributed by atoms with Gasteiger partial charge in [0.1, 0.15) is 0 Å². The van der Waals surface area contributed by atoms with Crippen molar-refractivity contribution in [2.75, 3.05) is 5.32 Å². The van der Waals surface area contributed by atoms with E-state index in [-0.39, 0.29) is 11.7 Å². The molecule has 0 atom stereocenters. The number of anilines is 1. The Morgan fingerprint density at radius 1 is 1.17 bits per heavy atom. The van der Waals surface area contributed by atoms with E-state index in [2.05, 4.69) is 21.2 Å². The number of ketones is 1. The summed E-state index contributed by atoms with van der Waals surface area (Å²) in [6, 6.07) is 8.65. The van der Waals surface area contributed by atoms with Crippen LogP contribution in [-0.2, 0) is 4.79 Å². The lowest BCUT2D eigenvalue weighted by molar-refractivity contribution is -0.114. The lowest BCUT2D eigenvalue weighted by atomic mass is 10.1. The van der Waals surface area contributed by atoms with Gasteiger partial charge in [0.05, 0.1) is 3.79 Å². The molecule has 0 fully saturated rings. The number of benzene rings is 1. The number of hydrogen-bond donors (Lipinski definition) is 1. The number of halogens is 1. The number of nitrogens with one attached hydrogen (secondary N) is 1. The van der Waals surface area contributed by atoms with Gasteiger partial charge in [-0.05, 0) is 46.3 Å². The summed E-state index contributed by atoms with van der Waals surface area (Å²) in [6.45, 7) is 1.45. The summed E-state index contributed by atoms with van der Waals surface area (Å²) in [5.74, 6) is -0.151. The largest absolute Gasteiger partial charge is 0.326 e. The summed E-state index contributed by atoms with van der Waals surface area (Å²) in [6.07, 6.45) is 0. The van der Waals surface area contributed by atoms with Crippen molar-refractivity contribution < 1.29 is 9.59 Å². The molecule has 1 aromatic heterocycles. The fourth-order valence-corrected chi connectivity index (χ4v) is 2.64. The lowest BCUT2D eigenvalue weighted by Gasteiger charge is -2.03. The highest BCUT2D eigenvalue weighted by molar-refractivity contribution is 9.11. The van der Waals surface area contributed by atoms with Gasteiger partial charge in [-0.15, -0.1) is 11.3 Å². The van der Waals surface area contributed by atoms with Crippen molar-refractivity contribution in [3.05, 3.63) is 50.6 Å². The molecule has 1 amide bonds. The summed E-state index contributed by atoms with van der Waals surface area (Å²) in [5, 5.41) is 4.47. The van der Waals surface area contributed by atoms with Crippen molar-refractivity contribution in [1.29, 1.82) is 0 Å². The maximum atomic E-state index is 12.1. The number of carbonyl (C=O) groups excluding carboxylic acids is 2. The zero-order valence-electron chi connectivity index (χ0n) is 9.57. The highest BCUT2D eigenvalue weighted by Gasteiger charge is 2.10. The molecule has 92 valence electrons. The van der Waals surface area contributed by atoms with E-state index in [1.807, 2.05) is 5.38 Å². The van der Waals surface area contributed by atoms with Gasteiger partial charge in [-0.25, -0.2) is 0 Å². The number of thiophene rings is 1. The highest BCUT2D eigenvalue weighted by atomic mass is 79.9. The quantitative estimate of drug-likeness (QED) is 0.875. The molecule has 0 aliphatic rings. The van der Waals surface area contributed by atoms with Crippen molar-refractivity contribution in [3.8, 4) is 0 Å². The number of amides is 1. The lowest BCUT2D eigenvalue weighted by Crippen LogP contribution is -2.06. The number of hydrogen-bond acceptors (Lipinski definition) is 3. The molecule has 1 heterocycles. The van der Waals surface area contributed by atoms with Crippen LogP contribution in [0.2, 0.25) is 0 Å². The second-order valence-corrected chi connectivity index (χ2v) is 6.02. The summed E-state index contributed by atoms with van der Waals surface area (Å²) in [7, 11) is 0. The molecule has 0 spiro atoms. The zero-order valence-corrected chi connectivity index (χ0v) is 12.0. The third-order valence-electron chi connectivity index (χ3n) is 2.30. The average molecular weight is 324 g/mol. The molecule has 0 bridgehead atoms. The van der Waals surface area contributed by atoms with Crippen LogP contribution in [0.15, 0.2) is 39.5 Å². The molecule has 0 aliphatic heterocycles. The van der Waals surface area contributed by atoms with Gasteiger partial charge in [0.25, 0.3) is 0 Å². The fourth-order valence-electron chi connectivity index (χ4n) is 1.50. The van der Waals surface area contributed by atoms with E-state index in [1.165, 1.54) is 18.3 Å². The molecule has 0 saturated heterocycles. The molecule has 0 radical (unpaired) electrons. The van der Waals surface area contributed by atoms with Crippen LogP contribution in [0.25, 0.3) is 0 Å². The maximum absolute atomic E-state index is 12.1. The van der Waals surface area contributed by atoms with Crippen LogP contribution in [0.4, 0.5) is 5.69 Å². The minimum Gasteiger partial charge on any atom is -0.326 e. The van der Waals surface area contributed by atoms with Gasteiger partial charge in [-0.1, -0.05) is 0 Å². The van der Waals surface area contributed by atoms with E-state index >= 15 is 0 Å². The fraction of sp³-hybridized carbons (Fsp3) is 0.0769. The van der Waals surface area contributed by atoms with E-state index in [0.29, 0.717) is 16.8 Å². The zero-order chi connectivity index (χ0) is 13.1. The summed E-state index contributed by atoms with van der Waals surface area (Å²) >= 11 is 4.81. The van der Waals surface area contributed by atoms with Gasteiger partial charge >= 0.3 is 0 Å². The molecular weight excluding hydrogens is 314 g/mol. The molecule has 5 heteroatoms. The topological polar surface area (TPSA) is 46.2 Å². The molecule has 18 heavy (non-hydrogen) atoms. The molecule has 0 aliphatic carbocycles. The first kappa shape index (κ1) is 13.0. The molecule has 2 aromatic rings. The SMILES string of the molecule is CC(=O)Nc1ccc(C(=O)c2csc(Br)c2)cc1. The van der Waals surface area contributed by atoms with Crippen molar-refractivity contribution >= 4 is 44.6 Å². The van der Waals surface area contributed by atoms with Crippen LogP contribution >= 0.6 is 27.3 Å². The van der Waals surface area contributed by atoms with Gasteiger partial charge in [0.15, 0.2) is 5.78 Å². The first-order valence-electron chi connectivity index (χ1n) is 5.22. The van der Waals surface area contributed by atoms with E-state index < -0.39 is 0 Å². The molecule has 2 rings (SSSR count). The van der Waals surface area contributed by atoms with Gasteiger partial charge in [-0.3, -0.25) is 9.59 Å². The molecule has 1 N–H and O–H groups in total. The predicted octanol–water partition coefficient (Wildman–Crippen LogP) is 3.70. The standard InChI is InChI=1S/C13H10BrNO2S/c1-8(16)15-11-4-2-9(3-5-11)13(17)10-6-12(14)18-7-10/h2-7H,1H3,(H,15,16). The Morgan fingerprint density at radius 2 is 1.83 bits per heavy atom. The van der Waals surface area contributed by atoms with E-state index in [4.69, 9.17) is 0 Å². The highest BCUT2D eigenvalue weighted by Crippen LogP contribution is 2.23. The third-order valence-corrected chi connectivity index (χ3v) is 3.80. The minimum atomic E-state index is -0.129. The van der Waals surface area contributed by atoms with Gasteiger partial charge < -0.3 is 5.32 Å².